The average Bonchev–Trinajstić information content (AvgIpc) is 2.11. The van der Waals surface area contributed by atoms with Crippen molar-refractivity contribution in [2.24, 2.45) is 7.05 Å². The van der Waals surface area contributed by atoms with Crippen molar-refractivity contribution in [2.75, 3.05) is 0 Å². The second kappa shape index (κ2) is 2.60. The van der Waals surface area contributed by atoms with Crippen molar-refractivity contribution < 1.29 is 0 Å². The van der Waals surface area contributed by atoms with Gasteiger partial charge in [0, 0.05) is 12.5 Å². The maximum absolute atomic E-state index is 4.44. The summed E-state index contributed by atoms with van der Waals surface area (Å²) in [6, 6.07) is 0. The Labute approximate surface area is 69.7 Å². The highest BCUT2D eigenvalue weighted by atomic mass is 31.0. The molecule has 0 unspecified atom stereocenters. The van der Waals surface area contributed by atoms with Crippen LogP contribution in [0.15, 0.2) is 0 Å². The maximum Gasteiger partial charge on any atom is 0.0947 e. The van der Waals surface area contributed by atoms with E-state index in [0.29, 0.717) is 0 Å². The van der Waals surface area contributed by atoms with Crippen LogP contribution in [0.4, 0.5) is 0 Å². The average molecular weight is 170 g/mol. The van der Waals surface area contributed by atoms with E-state index in [4.69, 9.17) is 0 Å². The Bertz CT molecular complexity index is 238. The maximum atomic E-state index is 4.44. The van der Waals surface area contributed by atoms with E-state index in [1.54, 1.807) is 0 Å². The van der Waals surface area contributed by atoms with Crippen LogP contribution in [-0.2, 0) is 12.5 Å². The van der Waals surface area contributed by atoms with Gasteiger partial charge in [-0.3, -0.25) is 4.68 Å². The van der Waals surface area contributed by atoms with Gasteiger partial charge in [-0.15, -0.1) is 0 Å². The van der Waals surface area contributed by atoms with Crippen molar-refractivity contribution in [1.29, 1.82) is 0 Å². The normalized spacial score (nSPS) is 12.8. The molecule has 1 heterocycles. The van der Waals surface area contributed by atoms with Crippen molar-refractivity contribution in [1.82, 2.24) is 9.78 Å². The minimum Gasteiger partial charge on any atom is -0.268 e. The van der Waals surface area contributed by atoms with E-state index in [9.17, 15) is 0 Å². The fraction of sp³-hybridized carbons (Fsp3) is 0.750. The van der Waals surface area contributed by atoms with Gasteiger partial charge in [-0.05, 0) is 15.1 Å². The molecule has 62 valence electrons. The topological polar surface area (TPSA) is 17.8 Å². The first-order valence-corrected chi connectivity index (χ1v) is 4.69. The molecule has 1 aromatic heterocycles. The molecule has 0 aliphatic carbocycles. The highest BCUT2D eigenvalue weighted by Gasteiger charge is 2.18. The van der Waals surface area contributed by atoms with Gasteiger partial charge in [0.2, 0.25) is 0 Å². The first-order valence-electron chi connectivity index (χ1n) is 3.79. The van der Waals surface area contributed by atoms with E-state index >= 15 is 0 Å². The molecule has 3 heteroatoms. The van der Waals surface area contributed by atoms with E-state index < -0.39 is 0 Å². The molecule has 0 radical (unpaired) electrons. The van der Waals surface area contributed by atoms with Gasteiger partial charge in [-0.1, -0.05) is 20.8 Å². The summed E-state index contributed by atoms with van der Waals surface area (Å²) in [6.07, 6.45) is 0. The summed E-state index contributed by atoms with van der Waals surface area (Å²) in [7, 11) is 3.29. The van der Waals surface area contributed by atoms with Crippen LogP contribution in [0.25, 0.3) is 0 Å². The van der Waals surface area contributed by atoms with Crippen molar-refractivity contribution in [3.8, 4) is 0 Å². The van der Waals surface area contributed by atoms with Crippen LogP contribution in [0, 0.1) is 6.92 Å². The number of aryl methyl sites for hydroxylation is 2. The van der Waals surface area contributed by atoms with Gasteiger partial charge in [0.1, 0.15) is 0 Å². The Morgan fingerprint density at radius 2 is 1.91 bits per heavy atom. The first kappa shape index (κ1) is 8.73. The van der Waals surface area contributed by atoms with E-state index in [1.165, 1.54) is 19.0 Å². The van der Waals surface area contributed by atoms with E-state index in [0.717, 1.165) is 0 Å². The number of hydrogen-bond acceptors (Lipinski definition) is 1. The lowest BCUT2D eigenvalue weighted by Gasteiger charge is -2.13. The molecule has 1 aromatic rings. The largest absolute Gasteiger partial charge is 0.268 e. The van der Waals surface area contributed by atoms with Crippen LogP contribution in [0.1, 0.15) is 31.6 Å². The monoisotopic (exact) mass is 170 g/mol. The van der Waals surface area contributed by atoms with Crippen LogP contribution in [0.2, 0.25) is 0 Å². The molecule has 0 atom stereocenters. The lowest BCUT2D eigenvalue weighted by atomic mass is 9.98. The zero-order chi connectivity index (χ0) is 8.65. The number of rotatable bonds is 0. The summed E-state index contributed by atoms with van der Waals surface area (Å²) in [4.78, 5) is 0. The summed E-state index contributed by atoms with van der Waals surface area (Å²) < 4.78 is 1.96. The molecule has 11 heavy (non-hydrogen) atoms. The van der Waals surface area contributed by atoms with Crippen LogP contribution in [0.3, 0.4) is 0 Å². The number of aromatic nitrogens is 2. The fourth-order valence-electron chi connectivity index (χ4n) is 0.780. The van der Waals surface area contributed by atoms with Crippen LogP contribution in [-0.4, -0.2) is 9.78 Å². The van der Waals surface area contributed by atoms with Crippen LogP contribution < -0.4 is 0 Å². The van der Waals surface area contributed by atoms with Crippen LogP contribution >= 0.6 is 8.19 Å². The second-order valence-electron chi connectivity index (χ2n) is 3.86. The Hall–Kier alpha value is -0.360. The summed E-state index contributed by atoms with van der Waals surface area (Å²) in [5, 5.41) is 4.44. The molecule has 0 saturated carbocycles. The highest BCUT2D eigenvalue weighted by molar-refractivity contribution is 7.31. The standard InChI is InChI=1S/C8H15N2P/c1-6-10(5)9-7(11-6)8(2,3)4/h1-5H3. The summed E-state index contributed by atoms with van der Waals surface area (Å²) in [6.45, 7) is 8.71. The van der Waals surface area contributed by atoms with Gasteiger partial charge in [0.05, 0.1) is 10.9 Å². The van der Waals surface area contributed by atoms with Crippen molar-refractivity contribution >= 4 is 8.19 Å². The van der Waals surface area contributed by atoms with Gasteiger partial charge in [0.15, 0.2) is 0 Å². The Morgan fingerprint density at radius 3 is 2.09 bits per heavy atom. The molecule has 0 bridgehead atoms. The fourth-order valence-corrected chi connectivity index (χ4v) is 1.79. The van der Waals surface area contributed by atoms with Gasteiger partial charge < -0.3 is 0 Å². The smallest absolute Gasteiger partial charge is 0.0947 e. The first-order chi connectivity index (χ1) is 4.91. The summed E-state index contributed by atoms with van der Waals surface area (Å²) in [5.74, 6) is 0. The molecular weight excluding hydrogens is 155 g/mol. The van der Waals surface area contributed by atoms with Crippen LogP contribution in [0.5, 0.6) is 0 Å². The van der Waals surface area contributed by atoms with E-state index in [1.807, 2.05) is 11.7 Å². The molecule has 0 aliphatic heterocycles. The third-order valence-corrected chi connectivity index (χ3v) is 3.24. The van der Waals surface area contributed by atoms with E-state index in [-0.39, 0.29) is 5.41 Å². The van der Waals surface area contributed by atoms with Crippen molar-refractivity contribution in [3.05, 3.63) is 10.9 Å². The quantitative estimate of drug-likeness (QED) is 0.585. The SMILES string of the molecule is Cc1pc(C(C)(C)C)nn1C. The van der Waals surface area contributed by atoms with E-state index in [2.05, 4.69) is 32.8 Å². The predicted molar refractivity (Wildman–Crippen MR) is 49.2 cm³/mol. The molecule has 0 aromatic carbocycles. The number of nitrogens with zero attached hydrogens (tertiary/aromatic N) is 2. The zero-order valence-corrected chi connectivity index (χ0v) is 8.74. The molecule has 0 N–H and O–H groups in total. The molecule has 0 amide bonds. The Balaban J connectivity index is 3.08. The molecular formula is C8H15N2P. The minimum absolute atomic E-state index is 0.216. The number of hydrogen-bond donors (Lipinski definition) is 0. The minimum atomic E-state index is 0.216. The Kier molecular flexibility index (Phi) is 2.06. The third-order valence-electron chi connectivity index (χ3n) is 1.65. The molecule has 1 rings (SSSR count). The van der Waals surface area contributed by atoms with Crippen molar-refractivity contribution in [2.45, 2.75) is 33.1 Å². The zero-order valence-electron chi connectivity index (χ0n) is 7.84. The lowest BCUT2D eigenvalue weighted by Crippen LogP contribution is -2.11. The van der Waals surface area contributed by atoms with Gasteiger partial charge in [-0.2, -0.15) is 5.10 Å². The molecule has 0 aliphatic rings. The molecule has 0 saturated heterocycles. The van der Waals surface area contributed by atoms with Gasteiger partial charge >= 0.3 is 0 Å². The Morgan fingerprint density at radius 1 is 1.36 bits per heavy atom. The van der Waals surface area contributed by atoms with Crippen molar-refractivity contribution in [3.63, 3.8) is 0 Å². The molecule has 0 fully saturated rings. The van der Waals surface area contributed by atoms with Gasteiger partial charge in [0.25, 0.3) is 0 Å². The highest BCUT2D eigenvalue weighted by Crippen LogP contribution is 2.29. The van der Waals surface area contributed by atoms with Gasteiger partial charge in [-0.25, -0.2) is 0 Å². The third kappa shape index (κ3) is 1.81. The summed E-state index contributed by atoms with van der Waals surface area (Å²) in [5.41, 5.74) is 2.79. The lowest BCUT2D eigenvalue weighted by molar-refractivity contribution is 0.560. The summed E-state index contributed by atoms with van der Waals surface area (Å²) >= 11 is 0. The second-order valence-corrected chi connectivity index (χ2v) is 5.15. The molecule has 2 nitrogen and oxygen atoms in total. The molecule has 0 spiro atoms. The predicted octanol–water partition coefficient (Wildman–Crippen LogP) is 2.61.